The smallest absolute Gasteiger partial charge is 0.286 e. The summed E-state index contributed by atoms with van der Waals surface area (Å²) in [6, 6.07) is 0.490. The fourth-order valence-corrected chi connectivity index (χ4v) is 2.26. The Balaban J connectivity index is 2.02. The van der Waals surface area contributed by atoms with Crippen molar-refractivity contribution in [3.8, 4) is 0 Å². The zero-order chi connectivity index (χ0) is 12.5. The molecule has 2 rings (SSSR count). The van der Waals surface area contributed by atoms with Gasteiger partial charge in [0.2, 0.25) is 0 Å². The van der Waals surface area contributed by atoms with Crippen LogP contribution in [0.5, 0.6) is 0 Å². The van der Waals surface area contributed by atoms with Gasteiger partial charge in [-0.05, 0) is 32.4 Å². The van der Waals surface area contributed by atoms with Crippen molar-refractivity contribution < 1.29 is 13.2 Å². The highest BCUT2D eigenvalue weighted by molar-refractivity contribution is 5.00. The highest BCUT2D eigenvalue weighted by atomic mass is 19.4. The summed E-state index contributed by atoms with van der Waals surface area (Å²) < 4.78 is 39.9. The van der Waals surface area contributed by atoms with E-state index in [0.717, 1.165) is 6.54 Å². The Hall–Kier alpha value is -1.04. The van der Waals surface area contributed by atoms with E-state index in [4.69, 9.17) is 0 Å². The van der Waals surface area contributed by atoms with Crippen LogP contribution in [0.2, 0.25) is 0 Å². The fourth-order valence-electron chi connectivity index (χ4n) is 2.26. The lowest BCUT2D eigenvalue weighted by atomic mass is 10.2. The first-order valence-electron chi connectivity index (χ1n) is 5.84. The van der Waals surface area contributed by atoms with Crippen LogP contribution >= 0.6 is 0 Å². The third-order valence-corrected chi connectivity index (χ3v) is 3.13. The molecule has 0 aliphatic carbocycles. The number of hydrogen-bond donors (Lipinski definition) is 0. The number of halogens is 3. The maximum atomic E-state index is 12.7. The van der Waals surface area contributed by atoms with E-state index >= 15 is 0 Å². The summed E-state index contributed by atoms with van der Waals surface area (Å²) in [4.78, 5) is 1.47. The Morgan fingerprint density at radius 1 is 1.47 bits per heavy atom. The second kappa shape index (κ2) is 4.68. The van der Waals surface area contributed by atoms with E-state index in [2.05, 4.69) is 5.10 Å². The normalized spacial score (nSPS) is 22.2. The maximum Gasteiger partial charge on any atom is 0.404 e. The zero-order valence-corrected chi connectivity index (χ0v) is 9.74. The predicted molar refractivity (Wildman–Crippen MR) is 57.4 cm³/mol. The molecule has 0 bridgehead atoms. The van der Waals surface area contributed by atoms with Crippen LogP contribution in [0.1, 0.15) is 25.5 Å². The first-order chi connectivity index (χ1) is 8.00. The van der Waals surface area contributed by atoms with Gasteiger partial charge >= 0.3 is 6.18 Å². The van der Waals surface area contributed by atoms with Crippen molar-refractivity contribution in [1.29, 1.82) is 0 Å². The van der Waals surface area contributed by atoms with Crippen molar-refractivity contribution in [1.82, 2.24) is 14.7 Å². The molecular formula is C11H16F3N3. The van der Waals surface area contributed by atoms with E-state index < -0.39 is 12.2 Å². The summed E-state index contributed by atoms with van der Waals surface area (Å²) in [5.74, 6) is 0. The molecule has 1 atom stereocenters. The third-order valence-electron chi connectivity index (χ3n) is 3.13. The minimum absolute atomic E-state index is 0.206. The van der Waals surface area contributed by atoms with Crippen LogP contribution in [-0.2, 0) is 13.1 Å². The van der Waals surface area contributed by atoms with E-state index in [9.17, 15) is 13.2 Å². The van der Waals surface area contributed by atoms with Gasteiger partial charge in [-0.1, -0.05) is 0 Å². The van der Waals surface area contributed by atoms with Crippen LogP contribution in [-0.4, -0.2) is 33.4 Å². The standard InChI is InChI=1S/C11H16F3N3/c1-2-17-7-5-9(15-17)8-16-6-3-4-10(16)11(12,13)14/h5,7,10H,2-4,6,8H2,1H3. The molecule has 3 nitrogen and oxygen atoms in total. The second-order valence-corrected chi connectivity index (χ2v) is 4.33. The molecule has 0 amide bonds. The number of nitrogens with zero attached hydrogens (tertiary/aromatic N) is 3. The molecule has 1 aromatic rings. The number of hydrogen-bond acceptors (Lipinski definition) is 2. The van der Waals surface area contributed by atoms with E-state index in [1.54, 1.807) is 16.9 Å². The Morgan fingerprint density at radius 3 is 2.82 bits per heavy atom. The van der Waals surface area contributed by atoms with Crippen molar-refractivity contribution >= 4 is 0 Å². The first-order valence-corrected chi connectivity index (χ1v) is 5.84. The second-order valence-electron chi connectivity index (χ2n) is 4.33. The van der Waals surface area contributed by atoms with Crippen molar-refractivity contribution in [3.05, 3.63) is 18.0 Å². The van der Waals surface area contributed by atoms with Crippen LogP contribution in [0.4, 0.5) is 13.2 Å². The molecule has 6 heteroatoms. The molecule has 1 aliphatic rings. The van der Waals surface area contributed by atoms with Crippen LogP contribution in [0.25, 0.3) is 0 Å². The van der Waals surface area contributed by atoms with Gasteiger partial charge in [0, 0.05) is 19.3 Å². The molecule has 0 spiro atoms. The minimum atomic E-state index is -4.12. The largest absolute Gasteiger partial charge is 0.404 e. The molecule has 1 aromatic heterocycles. The molecule has 0 radical (unpaired) electrons. The van der Waals surface area contributed by atoms with Gasteiger partial charge in [-0.2, -0.15) is 18.3 Å². The van der Waals surface area contributed by atoms with E-state index in [1.807, 2.05) is 6.92 Å². The highest BCUT2D eigenvalue weighted by Crippen LogP contribution is 2.33. The van der Waals surface area contributed by atoms with Crippen molar-refractivity contribution in [3.63, 3.8) is 0 Å². The Kier molecular flexibility index (Phi) is 3.42. The topological polar surface area (TPSA) is 21.1 Å². The van der Waals surface area contributed by atoms with Gasteiger partial charge in [0.1, 0.15) is 6.04 Å². The average molecular weight is 247 g/mol. The molecule has 96 valence electrons. The molecular weight excluding hydrogens is 231 g/mol. The van der Waals surface area contributed by atoms with Crippen LogP contribution in [0.15, 0.2) is 12.3 Å². The molecule has 2 heterocycles. The lowest BCUT2D eigenvalue weighted by Gasteiger charge is -2.25. The number of alkyl halides is 3. The van der Waals surface area contributed by atoms with Gasteiger partial charge in [-0.3, -0.25) is 9.58 Å². The van der Waals surface area contributed by atoms with Crippen molar-refractivity contribution in [2.24, 2.45) is 0 Å². The van der Waals surface area contributed by atoms with Gasteiger partial charge < -0.3 is 0 Å². The van der Waals surface area contributed by atoms with Crippen LogP contribution in [0, 0.1) is 0 Å². The average Bonchev–Trinajstić information content (AvgIpc) is 2.85. The Labute approximate surface area is 98.2 Å². The summed E-state index contributed by atoms with van der Waals surface area (Å²) in [5, 5.41) is 4.22. The zero-order valence-electron chi connectivity index (χ0n) is 9.74. The summed E-state index contributed by atoms with van der Waals surface area (Å²) >= 11 is 0. The molecule has 1 unspecified atom stereocenters. The summed E-state index contributed by atoms with van der Waals surface area (Å²) in [6.45, 7) is 3.48. The van der Waals surface area contributed by atoms with Gasteiger partial charge in [-0.15, -0.1) is 0 Å². The summed E-state index contributed by atoms with van der Waals surface area (Å²) in [7, 11) is 0. The van der Waals surface area contributed by atoms with Gasteiger partial charge in [0.25, 0.3) is 0 Å². The Bertz CT molecular complexity index is 372. The molecule has 17 heavy (non-hydrogen) atoms. The molecule has 0 aromatic carbocycles. The van der Waals surface area contributed by atoms with E-state index in [0.29, 0.717) is 18.7 Å². The van der Waals surface area contributed by atoms with Crippen LogP contribution < -0.4 is 0 Å². The number of likely N-dealkylation sites (tertiary alicyclic amines) is 1. The first kappa shape index (κ1) is 12.4. The SMILES string of the molecule is CCn1ccc(CN2CCCC2C(F)(F)F)n1. The van der Waals surface area contributed by atoms with Gasteiger partial charge in [-0.25, -0.2) is 0 Å². The lowest BCUT2D eigenvalue weighted by molar-refractivity contribution is -0.177. The summed E-state index contributed by atoms with van der Waals surface area (Å²) in [6.07, 6.45) is -1.51. The molecule has 1 aliphatic heterocycles. The predicted octanol–water partition coefficient (Wildman–Crippen LogP) is 2.43. The minimum Gasteiger partial charge on any atom is -0.286 e. The number of rotatable bonds is 3. The quantitative estimate of drug-likeness (QED) is 0.818. The fraction of sp³-hybridized carbons (Fsp3) is 0.727. The van der Waals surface area contributed by atoms with E-state index in [-0.39, 0.29) is 13.0 Å². The third kappa shape index (κ3) is 2.80. The lowest BCUT2D eigenvalue weighted by Crippen LogP contribution is -2.40. The Morgan fingerprint density at radius 2 is 2.24 bits per heavy atom. The molecule has 0 saturated carbocycles. The molecule has 1 saturated heterocycles. The monoisotopic (exact) mass is 247 g/mol. The molecule has 0 N–H and O–H groups in total. The number of aryl methyl sites for hydroxylation is 1. The summed E-state index contributed by atoms with van der Waals surface area (Å²) in [5.41, 5.74) is 0.711. The highest BCUT2D eigenvalue weighted by Gasteiger charge is 2.45. The van der Waals surface area contributed by atoms with Crippen LogP contribution in [0.3, 0.4) is 0 Å². The van der Waals surface area contributed by atoms with Crippen molar-refractivity contribution in [2.75, 3.05) is 6.54 Å². The number of aromatic nitrogens is 2. The van der Waals surface area contributed by atoms with Crippen molar-refractivity contribution in [2.45, 2.75) is 45.1 Å². The van der Waals surface area contributed by atoms with Gasteiger partial charge in [0.15, 0.2) is 0 Å². The maximum absolute atomic E-state index is 12.7. The van der Waals surface area contributed by atoms with Gasteiger partial charge in [0.05, 0.1) is 5.69 Å². The van der Waals surface area contributed by atoms with E-state index in [1.165, 1.54) is 4.90 Å². The molecule has 1 fully saturated rings.